The van der Waals surface area contributed by atoms with Gasteiger partial charge in [-0.2, -0.15) is 0 Å². The summed E-state index contributed by atoms with van der Waals surface area (Å²) < 4.78 is 5.84. The Bertz CT molecular complexity index is 641. The Hall–Kier alpha value is -1.66. The SMILES string of the molecule is Oc1cccc([C@H]2CN(c3nnc(C4CC4)s3)CCO2)c1. The Morgan fingerprint density at radius 2 is 2.19 bits per heavy atom. The molecular weight excluding hydrogens is 286 g/mol. The van der Waals surface area contributed by atoms with Crippen molar-refractivity contribution in [2.45, 2.75) is 24.9 Å². The van der Waals surface area contributed by atoms with E-state index < -0.39 is 0 Å². The van der Waals surface area contributed by atoms with Gasteiger partial charge in [-0.3, -0.25) is 0 Å². The lowest BCUT2D eigenvalue weighted by molar-refractivity contribution is 0.0396. The van der Waals surface area contributed by atoms with Gasteiger partial charge in [0.15, 0.2) is 0 Å². The van der Waals surface area contributed by atoms with Crippen molar-refractivity contribution in [2.24, 2.45) is 0 Å². The normalized spacial score (nSPS) is 22.5. The maximum Gasteiger partial charge on any atom is 0.208 e. The van der Waals surface area contributed by atoms with E-state index in [1.807, 2.05) is 12.1 Å². The molecular formula is C15H17N3O2S. The molecule has 4 rings (SSSR count). The number of hydrogen-bond acceptors (Lipinski definition) is 6. The lowest BCUT2D eigenvalue weighted by atomic mass is 10.1. The molecule has 0 radical (unpaired) electrons. The molecule has 1 aromatic heterocycles. The van der Waals surface area contributed by atoms with Crippen LogP contribution in [0.2, 0.25) is 0 Å². The van der Waals surface area contributed by atoms with Crippen LogP contribution in [-0.4, -0.2) is 35.0 Å². The summed E-state index contributed by atoms with van der Waals surface area (Å²) in [7, 11) is 0. The van der Waals surface area contributed by atoms with Crippen LogP contribution in [0.25, 0.3) is 0 Å². The van der Waals surface area contributed by atoms with Crippen molar-refractivity contribution < 1.29 is 9.84 Å². The molecule has 1 atom stereocenters. The van der Waals surface area contributed by atoms with E-state index in [1.165, 1.54) is 17.8 Å². The fraction of sp³-hybridized carbons (Fsp3) is 0.467. The molecule has 0 spiro atoms. The number of nitrogens with zero attached hydrogens (tertiary/aromatic N) is 3. The first-order valence-corrected chi connectivity index (χ1v) is 8.10. The molecule has 2 aliphatic rings. The molecule has 0 bridgehead atoms. The molecule has 2 aromatic rings. The quantitative estimate of drug-likeness (QED) is 0.944. The van der Waals surface area contributed by atoms with Gasteiger partial charge in [0, 0.05) is 12.5 Å². The number of benzene rings is 1. The summed E-state index contributed by atoms with van der Waals surface area (Å²) in [6.45, 7) is 2.26. The van der Waals surface area contributed by atoms with Crippen molar-refractivity contribution in [3.8, 4) is 5.75 Å². The molecule has 5 nitrogen and oxygen atoms in total. The van der Waals surface area contributed by atoms with Crippen LogP contribution in [0.4, 0.5) is 5.13 Å². The van der Waals surface area contributed by atoms with E-state index in [1.54, 1.807) is 23.5 Å². The second kappa shape index (κ2) is 5.27. The molecule has 21 heavy (non-hydrogen) atoms. The van der Waals surface area contributed by atoms with E-state index in [-0.39, 0.29) is 11.9 Å². The van der Waals surface area contributed by atoms with Crippen molar-refractivity contribution in [3.05, 3.63) is 34.8 Å². The van der Waals surface area contributed by atoms with Crippen molar-refractivity contribution in [2.75, 3.05) is 24.6 Å². The predicted octanol–water partition coefficient (Wildman–Crippen LogP) is 2.70. The van der Waals surface area contributed by atoms with Gasteiger partial charge < -0.3 is 14.7 Å². The minimum atomic E-state index is -0.0286. The van der Waals surface area contributed by atoms with E-state index in [0.717, 1.165) is 23.8 Å². The highest BCUT2D eigenvalue weighted by Gasteiger charge is 2.30. The number of aromatic nitrogens is 2. The molecule has 0 unspecified atom stereocenters. The summed E-state index contributed by atoms with van der Waals surface area (Å²) in [5, 5.41) is 20.4. The molecule has 1 aliphatic heterocycles. The fourth-order valence-electron chi connectivity index (χ4n) is 2.60. The average molecular weight is 303 g/mol. The van der Waals surface area contributed by atoms with Gasteiger partial charge in [-0.05, 0) is 30.5 Å². The first kappa shape index (κ1) is 13.0. The molecule has 1 saturated heterocycles. The third-order valence-corrected chi connectivity index (χ3v) is 5.08. The van der Waals surface area contributed by atoms with Crippen LogP contribution < -0.4 is 4.90 Å². The number of morpholine rings is 1. The standard InChI is InChI=1S/C15H17N3O2S/c19-12-3-1-2-11(8-12)13-9-18(6-7-20-13)15-17-16-14(21-15)10-4-5-10/h1-3,8,10,13,19H,4-7,9H2/t13-/m1/s1. The van der Waals surface area contributed by atoms with E-state index in [9.17, 15) is 5.11 Å². The number of rotatable bonds is 3. The van der Waals surface area contributed by atoms with Gasteiger partial charge in [-0.15, -0.1) is 10.2 Å². The zero-order valence-electron chi connectivity index (χ0n) is 11.6. The number of phenolic OH excluding ortho intramolecular Hbond substituents is 1. The number of ether oxygens (including phenoxy) is 1. The minimum absolute atomic E-state index is 0.0286. The second-order valence-electron chi connectivity index (χ2n) is 5.60. The van der Waals surface area contributed by atoms with Gasteiger partial charge in [0.2, 0.25) is 5.13 Å². The predicted molar refractivity (Wildman–Crippen MR) is 80.9 cm³/mol. The Labute approximate surface area is 127 Å². The molecule has 0 amide bonds. The Morgan fingerprint density at radius 1 is 1.29 bits per heavy atom. The number of aromatic hydroxyl groups is 1. The topological polar surface area (TPSA) is 58.5 Å². The van der Waals surface area contributed by atoms with Crippen LogP contribution in [0.15, 0.2) is 24.3 Å². The van der Waals surface area contributed by atoms with Gasteiger partial charge in [-0.25, -0.2) is 0 Å². The Kier molecular flexibility index (Phi) is 3.27. The number of phenols is 1. The number of anilines is 1. The van der Waals surface area contributed by atoms with Gasteiger partial charge in [0.05, 0.1) is 13.2 Å². The Balaban J connectivity index is 1.51. The smallest absolute Gasteiger partial charge is 0.208 e. The summed E-state index contributed by atoms with van der Waals surface area (Å²) in [4.78, 5) is 2.24. The highest BCUT2D eigenvalue weighted by Crippen LogP contribution is 2.43. The van der Waals surface area contributed by atoms with Crippen molar-refractivity contribution in [3.63, 3.8) is 0 Å². The van der Waals surface area contributed by atoms with E-state index in [0.29, 0.717) is 12.5 Å². The zero-order chi connectivity index (χ0) is 14.2. The van der Waals surface area contributed by atoms with Crippen LogP contribution in [0.5, 0.6) is 5.75 Å². The first-order chi connectivity index (χ1) is 10.3. The third-order valence-electron chi connectivity index (χ3n) is 3.94. The number of hydrogen-bond donors (Lipinski definition) is 1. The molecule has 110 valence electrons. The highest BCUT2D eigenvalue weighted by molar-refractivity contribution is 7.15. The van der Waals surface area contributed by atoms with Crippen LogP contribution in [-0.2, 0) is 4.74 Å². The first-order valence-electron chi connectivity index (χ1n) is 7.28. The van der Waals surface area contributed by atoms with Gasteiger partial charge >= 0.3 is 0 Å². The molecule has 2 fully saturated rings. The fourth-order valence-corrected chi connectivity index (χ4v) is 3.65. The minimum Gasteiger partial charge on any atom is -0.508 e. The van der Waals surface area contributed by atoms with Crippen LogP contribution in [0, 0.1) is 0 Å². The monoisotopic (exact) mass is 303 g/mol. The van der Waals surface area contributed by atoms with Crippen LogP contribution >= 0.6 is 11.3 Å². The van der Waals surface area contributed by atoms with Crippen LogP contribution in [0.1, 0.15) is 35.4 Å². The molecule has 2 heterocycles. The molecule has 1 N–H and O–H groups in total. The second-order valence-corrected chi connectivity index (χ2v) is 6.59. The Morgan fingerprint density at radius 3 is 3.00 bits per heavy atom. The molecule has 6 heteroatoms. The maximum atomic E-state index is 9.61. The van der Waals surface area contributed by atoms with Crippen molar-refractivity contribution in [1.29, 1.82) is 0 Å². The third kappa shape index (κ3) is 2.73. The molecule has 1 aromatic carbocycles. The van der Waals surface area contributed by atoms with Crippen molar-refractivity contribution >= 4 is 16.5 Å². The average Bonchev–Trinajstić information content (AvgIpc) is 3.25. The van der Waals surface area contributed by atoms with Gasteiger partial charge in [0.1, 0.15) is 16.9 Å². The van der Waals surface area contributed by atoms with Crippen LogP contribution in [0.3, 0.4) is 0 Å². The van der Waals surface area contributed by atoms with Crippen molar-refractivity contribution in [1.82, 2.24) is 10.2 Å². The lowest BCUT2D eigenvalue weighted by Crippen LogP contribution is -2.38. The highest BCUT2D eigenvalue weighted by atomic mass is 32.1. The molecule has 1 aliphatic carbocycles. The maximum absolute atomic E-state index is 9.61. The summed E-state index contributed by atoms with van der Waals surface area (Å²) >= 11 is 1.71. The largest absolute Gasteiger partial charge is 0.508 e. The summed E-state index contributed by atoms with van der Waals surface area (Å²) in [6.07, 6.45) is 2.48. The summed E-state index contributed by atoms with van der Waals surface area (Å²) in [6, 6.07) is 7.29. The molecule has 1 saturated carbocycles. The van der Waals surface area contributed by atoms with E-state index in [2.05, 4.69) is 15.1 Å². The lowest BCUT2D eigenvalue weighted by Gasteiger charge is -2.32. The van der Waals surface area contributed by atoms with Gasteiger partial charge in [0.25, 0.3) is 0 Å². The summed E-state index contributed by atoms with van der Waals surface area (Å²) in [5.41, 5.74) is 1.01. The van der Waals surface area contributed by atoms with E-state index in [4.69, 9.17) is 4.74 Å². The zero-order valence-corrected chi connectivity index (χ0v) is 12.4. The van der Waals surface area contributed by atoms with E-state index >= 15 is 0 Å². The van der Waals surface area contributed by atoms with Gasteiger partial charge in [-0.1, -0.05) is 23.5 Å². The summed E-state index contributed by atoms with van der Waals surface area (Å²) in [5.74, 6) is 0.930.